The summed E-state index contributed by atoms with van der Waals surface area (Å²) in [6.45, 7) is 51.1. The number of hydrogen-bond donors (Lipinski definition) is 0. The molecule has 0 amide bonds. The van der Waals surface area contributed by atoms with Crippen molar-refractivity contribution >= 4 is 0 Å². The van der Waals surface area contributed by atoms with Gasteiger partial charge in [-0.3, -0.25) is 0 Å². The smallest absolute Gasteiger partial charge is 0.0564 e. The van der Waals surface area contributed by atoms with E-state index in [2.05, 4.69) is 138 Å². The van der Waals surface area contributed by atoms with Gasteiger partial charge in [0.15, 0.2) is 0 Å². The summed E-state index contributed by atoms with van der Waals surface area (Å²) < 4.78 is 0. The molecule has 0 aliphatic rings. The van der Waals surface area contributed by atoms with Crippen molar-refractivity contribution in [1.82, 2.24) is 0 Å². The first-order chi connectivity index (χ1) is 18.6. The predicted molar refractivity (Wildman–Crippen MR) is 205 cm³/mol. The molecular formula is C39H102. The van der Waals surface area contributed by atoms with Crippen molar-refractivity contribution < 1.29 is 0 Å². The summed E-state index contributed by atoms with van der Waals surface area (Å²) in [6.07, 6.45) is 19.4. The van der Waals surface area contributed by atoms with Gasteiger partial charge in [0.1, 0.15) is 0 Å². The number of unbranched alkanes of at least 4 members (excludes halogenated alkanes) is 5. The lowest BCUT2D eigenvalue weighted by molar-refractivity contribution is 0.886. The van der Waals surface area contributed by atoms with Crippen molar-refractivity contribution in [2.75, 3.05) is 0 Å². The van der Waals surface area contributed by atoms with Gasteiger partial charge in [0.25, 0.3) is 0 Å². The molecule has 0 atom stereocenters. The van der Waals surface area contributed by atoms with Gasteiger partial charge in [-0.2, -0.15) is 0 Å². The van der Waals surface area contributed by atoms with Crippen molar-refractivity contribution in [3.05, 3.63) is 0 Å². The molecule has 0 aliphatic carbocycles. The van der Waals surface area contributed by atoms with E-state index >= 15 is 0 Å². The lowest BCUT2D eigenvalue weighted by Gasteiger charge is -1.68. The van der Waals surface area contributed by atoms with Crippen LogP contribution in [0.5, 0.6) is 0 Å². The fraction of sp³-hybridized carbons (Fsp3) is 1.00. The molecule has 258 valence electrons. The highest BCUT2D eigenvalue weighted by Gasteiger charge is 1.58. The first-order valence-corrected chi connectivity index (χ1v) is 18.6. The molecule has 0 heteroatoms. The van der Waals surface area contributed by atoms with Crippen LogP contribution in [0.15, 0.2) is 0 Å². The molecule has 0 aromatic heterocycles. The summed E-state index contributed by atoms with van der Waals surface area (Å²) in [7, 11) is 0. The molecule has 0 fully saturated rings. The van der Waals surface area contributed by atoms with Gasteiger partial charge in [-0.15, -0.1) is 0 Å². The Morgan fingerprint density at radius 3 is 0.179 bits per heavy atom. The monoisotopic (exact) mass is 571 g/mol. The largest absolute Gasteiger partial charge is 0.0683 e. The molecule has 0 rings (SSSR count). The maximum Gasteiger partial charge on any atom is -0.0564 e. The highest BCUT2D eigenvalue weighted by molar-refractivity contribution is 4.14. The Bertz CT molecular complexity index is 72.4. The molecule has 0 unspecified atom stereocenters. The zero-order valence-electron chi connectivity index (χ0n) is 34.6. The minimum Gasteiger partial charge on any atom is -0.0683 e. The maximum absolute atomic E-state index is 2.18. The molecular weight excluding hydrogens is 468 g/mol. The molecule has 0 aromatic rings. The summed E-state index contributed by atoms with van der Waals surface area (Å²) in [5.41, 5.74) is 0. The molecule has 0 aliphatic heterocycles. The van der Waals surface area contributed by atoms with Crippen molar-refractivity contribution in [3.63, 3.8) is 0 Å². The van der Waals surface area contributed by atoms with Crippen molar-refractivity contribution in [1.29, 1.82) is 0 Å². The number of hydrogen-bond acceptors (Lipinski definition) is 0. The zero-order valence-corrected chi connectivity index (χ0v) is 34.6. The normalized spacial score (nSPS) is 6.46. The summed E-state index contributed by atoms with van der Waals surface area (Å²) in [5.74, 6) is 0. The summed E-state index contributed by atoms with van der Waals surface area (Å²) in [5, 5.41) is 0. The van der Waals surface area contributed by atoms with Gasteiger partial charge in [-0.1, -0.05) is 262 Å². The fourth-order valence-corrected chi connectivity index (χ4v) is 0. The average molecular weight is 571 g/mol. The second-order valence-electron chi connectivity index (χ2n) is 8.54. The summed E-state index contributed by atoms with van der Waals surface area (Å²) >= 11 is 0. The van der Waals surface area contributed by atoms with Gasteiger partial charge >= 0.3 is 0 Å². The minimum absolute atomic E-state index is 1.25. The van der Waals surface area contributed by atoms with E-state index in [0.717, 1.165) is 0 Å². The Hall–Kier alpha value is 0. The van der Waals surface area contributed by atoms with Gasteiger partial charge in [0.05, 0.1) is 0 Å². The standard InChI is InChI=1S/5C4H10.5C3H8.2C2H6/c5*1-3-4-2;5*1-3-2;2*1-2/h5*3-4H2,1-2H3;5*3H2,1-2H3;2*1-2H3. The fourth-order valence-electron chi connectivity index (χ4n) is 0. The first-order valence-electron chi connectivity index (χ1n) is 18.6. The first kappa shape index (κ1) is 77.3. The van der Waals surface area contributed by atoms with Crippen LogP contribution in [0.2, 0.25) is 0 Å². The third kappa shape index (κ3) is 1970. The predicted octanol–water partition coefficient (Wildman–Crippen LogP) is 18.2. The van der Waals surface area contributed by atoms with Gasteiger partial charge < -0.3 is 0 Å². The Balaban J connectivity index is -0.0000000205. The van der Waals surface area contributed by atoms with Crippen molar-refractivity contribution in [2.24, 2.45) is 0 Å². The van der Waals surface area contributed by atoms with E-state index in [1.165, 1.54) is 96.3 Å². The average Bonchev–Trinajstić information content (AvgIpc) is 2.97. The molecule has 0 nitrogen and oxygen atoms in total. The third-order valence-corrected chi connectivity index (χ3v) is 2.50. The minimum atomic E-state index is 1.25. The van der Waals surface area contributed by atoms with Gasteiger partial charge in [-0.25, -0.2) is 0 Å². The van der Waals surface area contributed by atoms with Crippen LogP contribution in [0.4, 0.5) is 0 Å². The van der Waals surface area contributed by atoms with Crippen molar-refractivity contribution in [3.8, 4) is 0 Å². The Morgan fingerprint density at radius 1 is 0.154 bits per heavy atom. The van der Waals surface area contributed by atoms with E-state index in [1.54, 1.807) is 0 Å². The summed E-state index contributed by atoms with van der Waals surface area (Å²) in [6, 6.07) is 0. The molecule has 0 saturated heterocycles. The second kappa shape index (κ2) is 231. The van der Waals surface area contributed by atoms with Crippen LogP contribution in [0.25, 0.3) is 0 Å². The SMILES string of the molecule is CC.CC.CCC.CCC.CCC.CCC.CCC.CCCC.CCCC.CCCC.CCCC.CCCC. The Labute approximate surface area is 262 Å². The molecule has 0 spiro atoms. The second-order valence-corrected chi connectivity index (χ2v) is 8.54. The van der Waals surface area contributed by atoms with Crippen LogP contribution in [-0.4, -0.2) is 0 Å². The third-order valence-electron chi connectivity index (χ3n) is 2.50. The molecule has 0 aromatic carbocycles. The van der Waals surface area contributed by atoms with Crippen LogP contribution in [-0.2, 0) is 0 Å². The van der Waals surface area contributed by atoms with Crippen molar-refractivity contribution in [2.45, 2.75) is 262 Å². The van der Waals surface area contributed by atoms with E-state index in [9.17, 15) is 0 Å². The highest BCUT2D eigenvalue weighted by Crippen LogP contribution is 1.78. The van der Waals surface area contributed by atoms with E-state index < -0.39 is 0 Å². The highest BCUT2D eigenvalue weighted by atomic mass is 13.6. The van der Waals surface area contributed by atoms with Crippen LogP contribution in [0.3, 0.4) is 0 Å². The van der Waals surface area contributed by atoms with Gasteiger partial charge in [-0.05, 0) is 0 Å². The zero-order chi connectivity index (χ0) is 34.6. The van der Waals surface area contributed by atoms with Crippen LogP contribution in [0, 0.1) is 0 Å². The topological polar surface area (TPSA) is 0 Å². The van der Waals surface area contributed by atoms with E-state index in [1.807, 2.05) is 27.7 Å². The molecule has 39 heavy (non-hydrogen) atoms. The quantitative estimate of drug-likeness (QED) is 0.308. The summed E-state index contributed by atoms with van der Waals surface area (Å²) in [4.78, 5) is 0. The molecule has 0 saturated carbocycles. The van der Waals surface area contributed by atoms with E-state index in [0.29, 0.717) is 0 Å². The van der Waals surface area contributed by atoms with Gasteiger partial charge in [0, 0.05) is 0 Å². The van der Waals surface area contributed by atoms with Crippen LogP contribution >= 0.6 is 0 Å². The van der Waals surface area contributed by atoms with Gasteiger partial charge in [0.2, 0.25) is 0 Å². The number of rotatable bonds is 5. The maximum atomic E-state index is 2.18. The lowest BCUT2D eigenvalue weighted by atomic mass is 10.4. The van der Waals surface area contributed by atoms with Crippen LogP contribution < -0.4 is 0 Å². The van der Waals surface area contributed by atoms with E-state index in [-0.39, 0.29) is 0 Å². The van der Waals surface area contributed by atoms with Crippen LogP contribution in [0.1, 0.15) is 262 Å². The molecule has 0 bridgehead atoms. The lowest BCUT2D eigenvalue weighted by Crippen LogP contribution is -1.47. The Kier molecular flexibility index (Phi) is 458. The molecule has 0 radical (unpaired) electrons. The molecule has 0 heterocycles. The molecule has 0 N–H and O–H groups in total. The van der Waals surface area contributed by atoms with E-state index in [4.69, 9.17) is 0 Å². The Morgan fingerprint density at radius 2 is 0.179 bits per heavy atom.